The van der Waals surface area contributed by atoms with Crippen LogP contribution < -0.4 is 5.32 Å². The molecule has 0 spiro atoms. The predicted octanol–water partition coefficient (Wildman–Crippen LogP) is 2.19. The minimum atomic E-state index is -3.46. The molecule has 5 nitrogen and oxygen atoms in total. The zero-order chi connectivity index (χ0) is 14.8. The van der Waals surface area contributed by atoms with Gasteiger partial charge in [0.2, 0.25) is 0 Å². The molecule has 110 valence electrons. The maximum atomic E-state index is 12.4. The van der Waals surface area contributed by atoms with Gasteiger partial charge in [0.1, 0.15) is 15.7 Å². The average molecular weight is 314 g/mol. The smallest absolute Gasteiger partial charge is 0.252 e. The number of thiophene rings is 1. The van der Waals surface area contributed by atoms with Crippen LogP contribution in [0.2, 0.25) is 0 Å². The highest BCUT2D eigenvalue weighted by molar-refractivity contribution is 7.91. The Kier molecular flexibility index (Phi) is 4.64. The molecule has 0 aliphatic carbocycles. The molecule has 2 aromatic rings. The van der Waals surface area contributed by atoms with E-state index >= 15 is 0 Å². The molecule has 0 atom stereocenters. The fourth-order valence-corrected chi connectivity index (χ4v) is 4.51. The molecule has 0 saturated heterocycles. The predicted molar refractivity (Wildman–Crippen MR) is 79.2 cm³/mol. The highest BCUT2D eigenvalue weighted by Gasteiger charge is 2.23. The van der Waals surface area contributed by atoms with Gasteiger partial charge in [0.05, 0.1) is 6.54 Å². The van der Waals surface area contributed by atoms with Crippen molar-refractivity contribution < 1.29 is 12.8 Å². The van der Waals surface area contributed by atoms with Gasteiger partial charge in [0, 0.05) is 18.5 Å². The van der Waals surface area contributed by atoms with Crippen LogP contribution in [0.25, 0.3) is 0 Å². The average Bonchev–Trinajstić information content (AvgIpc) is 2.99. The third-order valence-corrected chi connectivity index (χ3v) is 6.18. The van der Waals surface area contributed by atoms with E-state index in [9.17, 15) is 8.42 Å². The second-order valence-electron chi connectivity index (χ2n) is 4.52. The van der Waals surface area contributed by atoms with E-state index in [2.05, 4.69) is 5.32 Å². The Morgan fingerprint density at radius 3 is 2.65 bits per heavy atom. The van der Waals surface area contributed by atoms with E-state index in [-0.39, 0.29) is 6.54 Å². The molecule has 0 unspecified atom stereocenters. The van der Waals surface area contributed by atoms with Crippen molar-refractivity contribution in [3.63, 3.8) is 0 Å². The van der Waals surface area contributed by atoms with E-state index in [0.717, 1.165) is 10.6 Å². The quantitative estimate of drug-likeness (QED) is 0.888. The standard InChI is InChI=1S/C13H18N2O3S2/c1-10-4-5-11(18-10)9-15(3)20(16,17)13-7-6-12(19-13)8-14-2/h4-7,14H,8-9H2,1-3H3. The number of furan rings is 1. The molecule has 2 heterocycles. The zero-order valence-electron chi connectivity index (χ0n) is 11.7. The molecule has 20 heavy (non-hydrogen) atoms. The van der Waals surface area contributed by atoms with E-state index in [4.69, 9.17) is 4.42 Å². The molecule has 0 aliphatic rings. The van der Waals surface area contributed by atoms with Crippen LogP contribution in [0.1, 0.15) is 16.4 Å². The monoisotopic (exact) mass is 314 g/mol. The molecule has 0 saturated carbocycles. The Morgan fingerprint density at radius 2 is 2.05 bits per heavy atom. The van der Waals surface area contributed by atoms with E-state index in [1.165, 1.54) is 15.6 Å². The summed E-state index contributed by atoms with van der Waals surface area (Å²) >= 11 is 1.29. The van der Waals surface area contributed by atoms with Gasteiger partial charge in [-0.3, -0.25) is 0 Å². The Morgan fingerprint density at radius 1 is 1.30 bits per heavy atom. The molecule has 0 amide bonds. The van der Waals surface area contributed by atoms with Gasteiger partial charge in [-0.05, 0) is 38.2 Å². The van der Waals surface area contributed by atoms with Gasteiger partial charge in [0.15, 0.2) is 0 Å². The molecular formula is C13H18N2O3S2. The molecule has 0 radical (unpaired) electrons. The number of hydrogen-bond acceptors (Lipinski definition) is 5. The van der Waals surface area contributed by atoms with Crippen molar-refractivity contribution in [1.29, 1.82) is 0 Å². The van der Waals surface area contributed by atoms with Crippen molar-refractivity contribution in [1.82, 2.24) is 9.62 Å². The summed E-state index contributed by atoms with van der Waals surface area (Å²) in [5.74, 6) is 1.42. The fraction of sp³-hybridized carbons (Fsp3) is 0.385. The highest BCUT2D eigenvalue weighted by atomic mass is 32.2. The fourth-order valence-electron chi connectivity index (χ4n) is 1.79. The Balaban J connectivity index is 2.15. The number of rotatable bonds is 6. The van der Waals surface area contributed by atoms with Crippen molar-refractivity contribution >= 4 is 21.4 Å². The van der Waals surface area contributed by atoms with Crippen LogP contribution in [0.5, 0.6) is 0 Å². The Labute approximate surface area is 123 Å². The van der Waals surface area contributed by atoms with Crippen LogP contribution in [0.4, 0.5) is 0 Å². The summed E-state index contributed by atoms with van der Waals surface area (Å²) in [5.41, 5.74) is 0. The lowest BCUT2D eigenvalue weighted by Crippen LogP contribution is -2.25. The van der Waals surface area contributed by atoms with Gasteiger partial charge in [-0.2, -0.15) is 4.31 Å². The van der Waals surface area contributed by atoms with Gasteiger partial charge in [-0.25, -0.2) is 8.42 Å². The van der Waals surface area contributed by atoms with Crippen LogP contribution in [0.15, 0.2) is 32.9 Å². The summed E-state index contributed by atoms with van der Waals surface area (Å²) in [4.78, 5) is 0.994. The maximum absolute atomic E-state index is 12.4. The number of hydrogen-bond donors (Lipinski definition) is 1. The van der Waals surface area contributed by atoms with Crippen molar-refractivity contribution in [3.8, 4) is 0 Å². The molecule has 2 aromatic heterocycles. The number of sulfonamides is 1. The van der Waals surface area contributed by atoms with Gasteiger partial charge < -0.3 is 9.73 Å². The lowest BCUT2D eigenvalue weighted by molar-refractivity contribution is 0.398. The van der Waals surface area contributed by atoms with Crippen molar-refractivity contribution in [3.05, 3.63) is 40.7 Å². The summed E-state index contributed by atoms with van der Waals surface area (Å²) in [7, 11) is -0.0686. The largest absolute Gasteiger partial charge is 0.465 e. The van der Waals surface area contributed by atoms with Crippen LogP contribution in [0.3, 0.4) is 0 Å². The zero-order valence-corrected chi connectivity index (χ0v) is 13.3. The highest BCUT2D eigenvalue weighted by Crippen LogP contribution is 2.25. The number of nitrogens with zero attached hydrogens (tertiary/aromatic N) is 1. The first-order valence-corrected chi connectivity index (χ1v) is 8.44. The van der Waals surface area contributed by atoms with Crippen molar-refractivity contribution in [2.75, 3.05) is 14.1 Å². The van der Waals surface area contributed by atoms with E-state index < -0.39 is 10.0 Å². The third kappa shape index (κ3) is 3.29. The van der Waals surface area contributed by atoms with Crippen LogP contribution in [0, 0.1) is 6.92 Å². The molecule has 0 aliphatic heterocycles. The molecular weight excluding hydrogens is 296 g/mol. The second kappa shape index (κ2) is 6.09. The lowest BCUT2D eigenvalue weighted by Gasteiger charge is -2.14. The van der Waals surface area contributed by atoms with E-state index in [0.29, 0.717) is 16.5 Å². The first-order chi connectivity index (χ1) is 9.43. The van der Waals surface area contributed by atoms with Crippen LogP contribution >= 0.6 is 11.3 Å². The van der Waals surface area contributed by atoms with Gasteiger partial charge in [-0.15, -0.1) is 11.3 Å². The molecule has 0 bridgehead atoms. The third-order valence-electron chi connectivity index (χ3n) is 2.83. The second-order valence-corrected chi connectivity index (χ2v) is 7.96. The SMILES string of the molecule is CNCc1ccc(S(=O)(=O)N(C)Cc2ccc(C)o2)s1. The Hall–Kier alpha value is -1.15. The summed E-state index contributed by atoms with van der Waals surface area (Å²) in [5, 5.41) is 3.01. The summed E-state index contributed by atoms with van der Waals surface area (Å²) in [6.45, 7) is 2.73. The molecule has 1 N–H and O–H groups in total. The van der Waals surface area contributed by atoms with Crippen molar-refractivity contribution in [2.45, 2.75) is 24.2 Å². The van der Waals surface area contributed by atoms with Gasteiger partial charge in [-0.1, -0.05) is 0 Å². The van der Waals surface area contributed by atoms with Crippen LogP contribution in [-0.4, -0.2) is 26.8 Å². The minimum absolute atomic E-state index is 0.232. The first kappa shape index (κ1) is 15.2. The summed E-state index contributed by atoms with van der Waals surface area (Å²) < 4.78 is 31.9. The number of nitrogens with one attached hydrogen (secondary N) is 1. The first-order valence-electron chi connectivity index (χ1n) is 6.18. The van der Waals surface area contributed by atoms with E-state index in [1.54, 1.807) is 19.2 Å². The molecule has 0 aromatic carbocycles. The number of aryl methyl sites for hydroxylation is 1. The van der Waals surface area contributed by atoms with E-state index in [1.807, 2.05) is 26.1 Å². The topological polar surface area (TPSA) is 62.6 Å². The minimum Gasteiger partial charge on any atom is -0.465 e. The molecule has 0 fully saturated rings. The van der Waals surface area contributed by atoms with Gasteiger partial charge in [0.25, 0.3) is 10.0 Å². The molecule has 2 rings (SSSR count). The maximum Gasteiger partial charge on any atom is 0.252 e. The normalized spacial score (nSPS) is 12.2. The lowest BCUT2D eigenvalue weighted by atomic mass is 10.4. The molecule has 7 heteroatoms. The van der Waals surface area contributed by atoms with Crippen LogP contribution in [-0.2, 0) is 23.1 Å². The summed E-state index contributed by atoms with van der Waals surface area (Å²) in [6, 6.07) is 7.10. The van der Waals surface area contributed by atoms with Crippen molar-refractivity contribution in [2.24, 2.45) is 0 Å². The summed E-state index contributed by atoms with van der Waals surface area (Å²) in [6.07, 6.45) is 0. The van der Waals surface area contributed by atoms with Gasteiger partial charge >= 0.3 is 0 Å². The Bertz CT molecular complexity index is 673.